The largest absolute Gasteiger partial charge is 0.352 e. The summed E-state index contributed by atoms with van der Waals surface area (Å²) in [6.07, 6.45) is 4.44. The van der Waals surface area contributed by atoms with E-state index in [-0.39, 0.29) is 29.6 Å². The van der Waals surface area contributed by atoms with Crippen LogP contribution < -0.4 is 16.0 Å². The lowest BCUT2D eigenvalue weighted by atomic mass is 9.67. The molecule has 1 aromatic carbocycles. The van der Waals surface area contributed by atoms with Crippen LogP contribution >= 0.6 is 12.4 Å². The highest BCUT2D eigenvalue weighted by Crippen LogP contribution is 2.44. The van der Waals surface area contributed by atoms with Gasteiger partial charge in [0.05, 0.1) is 5.41 Å². The van der Waals surface area contributed by atoms with Gasteiger partial charge in [-0.3, -0.25) is 9.59 Å². The van der Waals surface area contributed by atoms with Gasteiger partial charge in [0.2, 0.25) is 5.91 Å². The molecular weight excluding hydrogens is 362 g/mol. The number of hydrogen-bond acceptors (Lipinski definition) is 3. The molecule has 3 N–H and O–H groups in total. The van der Waals surface area contributed by atoms with E-state index in [0.29, 0.717) is 23.9 Å². The fourth-order valence-electron chi connectivity index (χ4n) is 4.28. The smallest absolute Gasteiger partial charge is 0.251 e. The predicted molar refractivity (Wildman–Crippen MR) is 111 cm³/mol. The van der Waals surface area contributed by atoms with E-state index in [0.717, 1.165) is 43.6 Å². The molecule has 1 saturated heterocycles. The van der Waals surface area contributed by atoms with Crippen LogP contribution in [0.4, 0.5) is 5.69 Å². The zero-order chi connectivity index (χ0) is 18.7. The summed E-state index contributed by atoms with van der Waals surface area (Å²) in [5, 5.41) is 9.50. The number of rotatable bonds is 5. The molecule has 3 rings (SSSR count). The number of hydrogen-bond donors (Lipinski definition) is 3. The van der Waals surface area contributed by atoms with Crippen molar-refractivity contribution in [3.05, 3.63) is 29.3 Å². The van der Waals surface area contributed by atoms with E-state index in [1.807, 2.05) is 19.1 Å². The Morgan fingerprint density at radius 1 is 1.30 bits per heavy atom. The maximum Gasteiger partial charge on any atom is 0.251 e. The van der Waals surface area contributed by atoms with Crippen molar-refractivity contribution in [3.8, 4) is 0 Å². The molecule has 0 radical (unpaired) electrons. The van der Waals surface area contributed by atoms with Crippen molar-refractivity contribution in [1.82, 2.24) is 10.6 Å². The van der Waals surface area contributed by atoms with Gasteiger partial charge >= 0.3 is 0 Å². The summed E-state index contributed by atoms with van der Waals surface area (Å²) in [6.45, 7) is 8.46. The Morgan fingerprint density at radius 2 is 2.07 bits per heavy atom. The number of carbonyl (C=O) groups is 2. The first kappa shape index (κ1) is 21.7. The number of aryl methyl sites for hydroxylation is 1. The quantitative estimate of drug-likeness (QED) is 0.716. The average molecular weight is 394 g/mol. The molecular formula is C21H32ClN3O2. The minimum Gasteiger partial charge on any atom is -0.352 e. The lowest BCUT2D eigenvalue weighted by molar-refractivity contribution is -0.128. The second-order valence-corrected chi connectivity index (χ2v) is 8.32. The molecule has 1 aliphatic carbocycles. The van der Waals surface area contributed by atoms with Crippen LogP contribution in [-0.4, -0.2) is 31.4 Å². The second kappa shape index (κ2) is 9.07. The minimum atomic E-state index is -0.266. The summed E-state index contributed by atoms with van der Waals surface area (Å²) in [4.78, 5) is 25.3. The molecule has 0 aromatic heterocycles. The van der Waals surface area contributed by atoms with Gasteiger partial charge in [0.15, 0.2) is 0 Å². The Hall–Kier alpha value is -1.59. The minimum absolute atomic E-state index is 0. The van der Waals surface area contributed by atoms with Gasteiger partial charge in [0.1, 0.15) is 0 Å². The first-order valence-corrected chi connectivity index (χ1v) is 9.83. The summed E-state index contributed by atoms with van der Waals surface area (Å²) in [6, 6.07) is 5.50. The first-order chi connectivity index (χ1) is 12.4. The van der Waals surface area contributed by atoms with Crippen molar-refractivity contribution in [2.24, 2.45) is 17.3 Å². The van der Waals surface area contributed by atoms with Crippen LogP contribution in [0.5, 0.6) is 0 Å². The van der Waals surface area contributed by atoms with Gasteiger partial charge in [-0.2, -0.15) is 0 Å². The lowest BCUT2D eigenvalue weighted by Crippen LogP contribution is -2.44. The lowest BCUT2D eigenvalue weighted by Gasteiger charge is -2.37. The molecule has 150 valence electrons. The summed E-state index contributed by atoms with van der Waals surface area (Å²) in [7, 11) is 0. The summed E-state index contributed by atoms with van der Waals surface area (Å²) in [5.74, 6) is 0.928. The maximum absolute atomic E-state index is 13.1. The number of benzene rings is 1. The Balaban J connectivity index is 0.00000261. The van der Waals surface area contributed by atoms with E-state index in [4.69, 9.17) is 0 Å². The van der Waals surface area contributed by atoms with Crippen LogP contribution in [0.15, 0.2) is 18.2 Å². The van der Waals surface area contributed by atoms with Gasteiger partial charge in [-0.05, 0) is 61.9 Å². The first-order valence-electron chi connectivity index (χ1n) is 9.83. The fourth-order valence-corrected chi connectivity index (χ4v) is 4.28. The normalized spacial score (nSPS) is 24.1. The SMILES string of the molecule is Cc1cc(C(=O)NCC(C)C)ccc1NC(=O)[C@@]12CCCC[C@H]1CNC2.Cl. The Labute approximate surface area is 168 Å². The summed E-state index contributed by atoms with van der Waals surface area (Å²) < 4.78 is 0. The monoisotopic (exact) mass is 393 g/mol. The van der Waals surface area contributed by atoms with E-state index >= 15 is 0 Å². The van der Waals surface area contributed by atoms with Crippen LogP contribution in [0.3, 0.4) is 0 Å². The highest BCUT2D eigenvalue weighted by Gasteiger charge is 2.49. The zero-order valence-corrected chi connectivity index (χ0v) is 17.4. The average Bonchev–Trinajstić information content (AvgIpc) is 3.06. The summed E-state index contributed by atoms with van der Waals surface area (Å²) in [5.41, 5.74) is 2.10. The topological polar surface area (TPSA) is 70.2 Å². The molecule has 0 unspecified atom stereocenters. The van der Waals surface area contributed by atoms with Crippen molar-refractivity contribution in [2.45, 2.75) is 46.5 Å². The Morgan fingerprint density at radius 3 is 2.78 bits per heavy atom. The molecule has 2 aliphatic rings. The van der Waals surface area contributed by atoms with Crippen LogP contribution in [0, 0.1) is 24.2 Å². The molecule has 0 bridgehead atoms. The molecule has 2 fully saturated rings. The standard InChI is InChI=1S/C21H31N3O2.ClH/c1-14(2)11-23-19(25)16-7-8-18(15(3)10-16)24-20(26)21-9-5-4-6-17(21)12-22-13-21;/h7-8,10,14,17,22H,4-6,9,11-13H2,1-3H3,(H,23,25)(H,24,26);1H/t17-,21+;/m0./s1. The Kier molecular flexibility index (Phi) is 7.29. The molecule has 5 nitrogen and oxygen atoms in total. The van der Waals surface area contributed by atoms with Gasteiger partial charge < -0.3 is 16.0 Å². The highest BCUT2D eigenvalue weighted by molar-refractivity contribution is 5.98. The van der Waals surface area contributed by atoms with Gasteiger partial charge in [-0.1, -0.05) is 26.7 Å². The molecule has 0 spiro atoms. The Bertz CT molecular complexity index is 692. The van der Waals surface area contributed by atoms with Crippen LogP contribution in [0.25, 0.3) is 0 Å². The molecule has 1 aromatic rings. The number of fused-ring (bicyclic) bond motifs is 1. The van der Waals surface area contributed by atoms with Crippen molar-refractivity contribution in [3.63, 3.8) is 0 Å². The van der Waals surface area contributed by atoms with E-state index in [1.165, 1.54) is 6.42 Å². The number of halogens is 1. The predicted octanol–water partition coefficient (Wildman–Crippen LogP) is 3.52. The third kappa shape index (κ3) is 4.64. The number of carbonyl (C=O) groups excluding carboxylic acids is 2. The fraction of sp³-hybridized carbons (Fsp3) is 0.619. The maximum atomic E-state index is 13.1. The summed E-state index contributed by atoms with van der Waals surface area (Å²) >= 11 is 0. The van der Waals surface area contributed by atoms with Crippen molar-refractivity contribution in [1.29, 1.82) is 0 Å². The number of anilines is 1. The second-order valence-electron chi connectivity index (χ2n) is 8.32. The third-order valence-corrected chi connectivity index (χ3v) is 5.90. The van der Waals surface area contributed by atoms with Gasteiger partial charge in [0.25, 0.3) is 5.91 Å². The van der Waals surface area contributed by atoms with Gasteiger partial charge in [-0.15, -0.1) is 12.4 Å². The van der Waals surface area contributed by atoms with Crippen LogP contribution in [0.1, 0.15) is 55.5 Å². The van der Waals surface area contributed by atoms with Gasteiger partial charge in [0, 0.05) is 24.3 Å². The molecule has 2 amide bonds. The number of amides is 2. The molecule has 1 heterocycles. The number of nitrogens with one attached hydrogen (secondary N) is 3. The molecule has 1 saturated carbocycles. The highest BCUT2D eigenvalue weighted by atomic mass is 35.5. The van der Waals surface area contributed by atoms with E-state index in [2.05, 4.69) is 29.8 Å². The third-order valence-electron chi connectivity index (χ3n) is 5.90. The van der Waals surface area contributed by atoms with E-state index in [1.54, 1.807) is 6.07 Å². The van der Waals surface area contributed by atoms with E-state index in [9.17, 15) is 9.59 Å². The van der Waals surface area contributed by atoms with Crippen molar-refractivity contribution >= 4 is 29.9 Å². The zero-order valence-electron chi connectivity index (χ0n) is 16.6. The van der Waals surface area contributed by atoms with Crippen molar-refractivity contribution < 1.29 is 9.59 Å². The molecule has 27 heavy (non-hydrogen) atoms. The molecule has 6 heteroatoms. The van der Waals surface area contributed by atoms with Crippen LogP contribution in [0.2, 0.25) is 0 Å². The van der Waals surface area contributed by atoms with Gasteiger partial charge in [-0.25, -0.2) is 0 Å². The van der Waals surface area contributed by atoms with Crippen molar-refractivity contribution in [2.75, 3.05) is 25.0 Å². The van der Waals surface area contributed by atoms with Crippen LogP contribution in [-0.2, 0) is 4.79 Å². The van der Waals surface area contributed by atoms with E-state index < -0.39 is 0 Å². The molecule has 2 atom stereocenters. The molecule has 1 aliphatic heterocycles.